The van der Waals surface area contributed by atoms with Crippen molar-refractivity contribution in [2.75, 3.05) is 0 Å². The molecule has 1 heterocycles. The summed E-state index contributed by atoms with van der Waals surface area (Å²) in [6, 6.07) is 13.5. The van der Waals surface area contributed by atoms with Gasteiger partial charge in [0.15, 0.2) is 0 Å². The van der Waals surface area contributed by atoms with E-state index in [4.69, 9.17) is 0 Å². The molecule has 8 heteroatoms. The smallest absolute Gasteiger partial charge is 0.433 e. The molecular formula is C26H29F3N2O3. The number of aromatic carboxylic acids is 1. The van der Waals surface area contributed by atoms with E-state index in [0.717, 1.165) is 4.57 Å². The SMILES string of the molecule is CCCCc1c(C(F)(F)F)n(CCCC)c(=O)n1Cc1ccc(-c2ccccc2C(=O)O)cc1. The van der Waals surface area contributed by atoms with Crippen molar-refractivity contribution in [1.82, 2.24) is 9.13 Å². The zero-order valence-corrected chi connectivity index (χ0v) is 19.4. The molecule has 1 aromatic heterocycles. The molecule has 5 nitrogen and oxygen atoms in total. The van der Waals surface area contributed by atoms with Gasteiger partial charge in [-0.2, -0.15) is 13.2 Å². The topological polar surface area (TPSA) is 64.2 Å². The van der Waals surface area contributed by atoms with Crippen LogP contribution in [-0.2, 0) is 25.7 Å². The van der Waals surface area contributed by atoms with Crippen LogP contribution in [-0.4, -0.2) is 20.2 Å². The lowest BCUT2D eigenvalue weighted by Gasteiger charge is -2.13. The van der Waals surface area contributed by atoms with Gasteiger partial charge in [0.2, 0.25) is 0 Å². The molecule has 3 aromatic rings. The number of carbonyl (C=O) groups is 1. The number of rotatable bonds is 10. The molecule has 3 rings (SSSR count). The standard InChI is InChI=1S/C26H29F3N2O3/c1-3-5-11-22-23(26(27,28)29)30(16-6-4-2)25(34)31(22)17-18-12-14-19(15-13-18)20-9-7-8-10-21(20)24(32)33/h7-10,12-15H,3-6,11,16-17H2,1-2H3,(H,32,33). The Balaban J connectivity index is 2.03. The number of hydrogen-bond donors (Lipinski definition) is 1. The molecule has 34 heavy (non-hydrogen) atoms. The second kappa shape index (κ2) is 10.8. The Morgan fingerprint density at radius 2 is 1.59 bits per heavy atom. The van der Waals surface area contributed by atoms with Crippen LogP contribution in [0, 0.1) is 0 Å². The molecule has 0 aliphatic heterocycles. The van der Waals surface area contributed by atoms with Crippen molar-refractivity contribution in [2.45, 2.75) is 65.2 Å². The fourth-order valence-corrected chi connectivity index (χ4v) is 4.14. The molecule has 0 saturated carbocycles. The minimum Gasteiger partial charge on any atom is -0.478 e. The van der Waals surface area contributed by atoms with Crippen LogP contribution in [0.1, 0.15) is 66.8 Å². The molecule has 0 radical (unpaired) electrons. The lowest BCUT2D eigenvalue weighted by Crippen LogP contribution is -2.27. The van der Waals surface area contributed by atoms with Crippen molar-refractivity contribution in [3.8, 4) is 11.1 Å². The van der Waals surface area contributed by atoms with Crippen molar-refractivity contribution >= 4 is 5.97 Å². The Bertz CT molecular complexity index is 1190. The Labute approximate surface area is 196 Å². The van der Waals surface area contributed by atoms with E-state index in [9.17, 15) is 27.9 Å². The summed E-state index contributed by atoms with van der Waals surface area (Å²) in [4.78, 5) is 24.6. The van der Waals surface area contributed by atoms with Crippen LogP contribution in [0.5, 0.6) is 0 Å². The summed E-state index contributed by atoms with van der Waals surface area (Å²) in [5, 5.41) is 9.43. The van der Waals surface area contributed by atoms with Gasteiger partial charge >= 0.3 is 17.8 Å². The fourth-order valence-electron chi connectivity index (χ4n) is 4.14. The molecule has 0 spiro atoms. The molecule has 0 aliphatic carbocycles. The average molecular weight is 475 g/mol. The zero-order valence-electron chi connectivity index (χ0n) is 19.4. The van der Waals surface area contributed by atoms with E-state index in [-0.39, 0.29) is 30.8 Å². The van der Waals surface area contributed by atoms with Crippen molar-refractivity contribution in [3.05, 3.63) is 81.5 Å². The average Bonchev–Trinajstić information content (AvgIpc) is 3.07. The van der Waals surface area contributed by atoms with Crippen molar-refractivity contribution in [2.24, 2.45) is 0 Å². The number of carboxylic acid groups (broad SMARTS) is 1. The molecule has 0 fully saturated rings. The highest BCUT2D eigenvalue weighted by atomic mass is 19.4. The van der Waals surface area contributed by atoms with Gasteiger partial charge in [-0.25, -0.2) is 9.59 Å². The van der Waals surface area contributed by atoms with Crippen molar-refractivity contribution in [3.63, 3.8) is 0 Å². The van der Waals surface area contributed by atoms with E-state index in [2.05, 4.69) is 0 Å². The van der Waals surface area contributed by atoms with Gasteiger partial charge in [-0.1, -0.05) is 69.2 Å². The molecule has 2 aromatic carbocycles. The zero-order chi connectivity index (χ0) is 24.9. The number of unbranched alkanes of at least 4 members (excludes halogenated alkanes) is 2. The molecule has 1 N–H and O–H groups in total. The van der Waals surface area contributed by atoms with E-state index in [1.54, 1.807) is 42.5 Å². The number of halogens is 3. The minimum atomic E-state index is -4.62. The maximum atomic E-state index is 14.0. The third-order valence-electron chi connectivity index (χ3n) is 5.86. The van der Waals surface area contributed by atoms with E-state index in [1.165, 1.54) is 10.6 Å². The summed E-state index contributed by atoms with van der Waals surface area (Å²) in [5.41, 5.74) is 0.590. The second-order valence-electron chi connectivity index (χ2n) is 8.32. The number of alkyl halides is 3. The Morgan fingerprint density at radius 3 is 2.18 bits per heavy atom. The summed E-state index contributed by atoms with van der Waals surface area (Å²) in [6.07, 6.45) is -2.03. The van der Waals surface area contributed by atoms with Crippen LogP contribution in [0.4, 0.5) is 13.2 Å². The molecule has 182 valence electrons. The molecule has 0 unspecified atom stereocenters. The number of nitrogens with zero attached hydrogens (tertiary/aromatic N) is 2. The number of imidazole rings is 1. The molecule has 0 bridgehead atoms. The summed E-state index contributed by atoms with van der Waals surface area (Å²) in [7, 11) is 0. The summed E-state index contributed by atoms with van der Waals surface area (Å²) >= 11 is 0. The van der Waals surface area contributed by atoms with Gasteiger partial charge in [-0.15, -0.1) is 0 Å². The lowest BCUT2D eigenvalue weighted by atomic mass is 9.98. The monoisotopic (exact) mass is 474 g/mol. The van der Waals surface area contributed by atoms with Crippen LogP contribution in [0.3, 0.4) is 0 Å². The van der Waals surface area contributed by atoms with Crippen molar-refractivity contribution < 1.29 is 23.1 Å². The van der Waals surface area contributed by atoms with Gasteiger partial charge in [0.25, 0.3) is 0 Å². The Hall–Kier alpha value is -3.29. The van der Waals surface area contributed by atoms with Crippen LogP contribution in [0.15, 0.2) is 53.3 Å². The van der Waals surface area contributed by atoms with Crippen LogP contribution >= 0.6 is 0 Å². The van der Waals surface area contributed by atoms with Gasteiger partial charge in [0, 0.05) is 6.54 Å². The quantitative estimate of drug-likeness (QED) is 0.379. The molecule has 0 aliphatic rings. The van der Waals surface area contributed by atoms with Crippen LogP contribution in [0.2, 0.25) is 0 Å². The first-order valence-corrected chi connectivity index (χ1v) is 11.5. The van der Waals surface area contributed by atoms with Gasteiger partial charge in [-0.05, 0) is 42.0 Å². The predicted molar refractivity (Wildman–Crippen MR) is 125 cm³/mol. The largest absolute Gasteiger partial charge is 0.478 e. The van der Waals surface area contributed by atoms with Gasteiger partial charge < -0.3 is 5.11 Å². The predicted octanol–water partition coefficient (Wildman–Crippen LogP) is 6.22. The lowest BCUT2D eigenvalue weighted by molar-refractivity contribution is -0.144. The van der Waals surface area contributed by atoms with Crippen molar-refractivity contribution in [1.29, 1.82) is 0 Å². The number of carboxylic acids is 1. The van der Waals surface area contributed by atoms with E-state index >= 15 is 0 Å². The normalized spacial score (nSPS) is 11.7. The first kappa shape index (κ1) is 25.3. The molecule has 0 atom stereocenters. The highest BCUT2D eigenvalue weighted by Gasteiger charge is 2.40. The third-order valence-corrected chi connectivity index (χ3v) is 5.86. The summed E-state index contributed by atoms with van der Waals surface area (Å²) in [5.74, 6) is -1.04. The van der Waals surface area contributed by atoms with Gasteiger partial charge in [-0.3, -0.25) is 9.13 Å². The summed E-state index contributed by atoms with van der Waals surface area (Å²) < 4.78 is 44.2. The number of aromatic nitrogens is 2. The fraction of sp³-hybridized carbons (Fsp3) is 0.385. The highest BCUT2D eigenvalue weighted by Crippen LogP contribution is 2.33. The minimum absolute atomic E-state index is 0.0148. The molecule has 0 saturated heterocycles. The Morgan fingerprint density at radius 1 is 0.941 bits per heavy atom. The van der Waals surface area contributed by atoms with E-state index in [0.29, 0.717) is 42.4 Å². The molecular weight excluding hydrogens is 445 g/mol. The second-order valence-corrected chi connectivity index (χ2v) is 8.32. The maximum Gasteiger partial charge on any atom is 0.433 e. The van der Waals surface area contributed by atoms with Gasteiger partial charge in [0.1, 0.15) is 5.69 Å². The first-order valence-electron chi connectivity index (χ1n) is 11.5. The van der Waals surface area contributed by atoms with Crippen LogP contribution < -0.4 is 5.69 Å². The summed E-state index contributed by atoms with van der Waals surface area (Å²) in [6.45, 7) is 3.82. The van der Waals surface area contributed by atoms with Gasteiger partial charge in [0.05, 0.1) is 17.8 Å². The highest BCUT2D eigenvalue weighted by molar-refractivity contribution is 5.95. The first-order chi connectivity index (χ1) is 16.2. The number of benzene rings is 2. The molecule has 0 amide bonds. The van der Waals surface area contributed by atoms with E-state index in [1.807, 2.05) is 13.8 Å². The third kappa shape index (κ3) is 5.43. The number of hydrogen-bond acceptors (Lipinski definition) is 2. The Kier molecular flexibility index (Phi) is 8.02. The van der Waals surface area contributed by atoms with Crippen LogP contribution in [0.25, 0.3) is 11.1 Å². The van der Waals surface area contributed by atoms with E-state index < -0.39 is 23.5 Å². The maximum absolute atomic E-state index is 14.0.